The van der Waals surface area contributed by atoms with Gasteiger partial charge in [-0.15, -0.1) is 0 Å². The molecule has 0 aromatic rings. The van der Waals surface area contributed by atoms with Crippen molar-refractivity contribution >= 4 is 7.60 Å². The average molecular weight is 170 g/mol. The summed E-state index contributed by atoms with van der Waals surface area (Å²) in [7, 11) is -4.34. The highest BCUT2D eigenvalue weighted by Gasteiger charge is 2.24. The molecule has 0 radical (unpaired) electrons. The van der Waals surface area contributed by atoms with Gasteiger partial charge in [0.15, 0.2) is 5.85 Å². The molecule has 1 atom stereocenters. The van der Waals surface area contributed by atoms with Crippen molar-refractivity contribution in [1.29, 1.82) is 0 Å². The minimum atomic E-state index is -4.34. The van der Waals surface area contributed by atoms with Crippen molar-refractivity contribution in [2.45, 2.75) is 18.7 Å². The Hall–Kier alpha value is 0.0700. The molecule has 0 saturated heterocycles. The van der Waals surface area contributed by atoms with E-state index in [1.54, 1.807) is 0 Å². The zero-order valence-electron chi connectivity index (χ0n) is 5.34. The molecule has 0 rings (SSSR count). The van der Waals surface area contributed by atoms with E-state index in [1.165, 1.54) is 0 Å². The maximum atomic E-state index is 10.2. The molecule has 0 bridgehead atoms. The second-order valence-electron chi connectivity index (χ2n) is 1.94. The van der Waals surface area contributed by atoms with Gasteiger partial charge in [0.25, 0.3) is 0 Å². The van der Waals surface area contributed by atoms with Crippen LogP contribution in [0.15, 0.2) is 0 Å². The maximum Gasteiger partial charge on any atom is 0.353 e. The molecule has 0 amide bonds. The van der Waals surface area contributed by atoms with Crippen LogP contribution in [0.2, 0.25) is 0 Å². The van der Waals surface area contributed by atoms with Crippen molar-refractivity contribution in [2.24, 2.45) is 0 Å². The zero-order chi connectivity index (χ0) is 8.20. The lowest BCUT2D eigenvalue weighted by Gasteiger charge is -2.10. The molecule has 10 heavy (non-hydrogen) atoms. The van der Waals surface area contributed by atoms with Gasteiger partial charge in [0.1, 0.15) is 0 Å². The predicted octanol–water partition coefficient (Wildman–Crippen LogP) is -0.745. The van der Waals surface area contributed by atoms with Crippen LogP contribution in [0.3, 0.4) is 0 Å². The number of aliphatic hydroxyl groups is 2. The highest BCUT2D eigenvalue weighted by atomic mass is 31.2. The number of hydrogen-bond donors (Lipinski definition) is 4. The third-order valence-electron chi connectivity index (χ3n) is 1.01. The monoisotopic (exact) mass is 170 g/mol. The highest BCUT2D eigenvalue weighted by Crippen LogP contribution is 2.41. The van der Waals surface area contributed by atoms with E-state index in [1.807, 2.05) is 0 Å². The molecule has 0 aromatic carbocycles. The van der Waals surface area contributed by atoms with Crippen LogP contribution in [0.1, 0.15) is 12.8 Å². The summed E-state index contributed by atoms with van der Waals surface area (Å²) in [6.07, 6.45) is 0.132. The molecule has 5 nitrogen and oxygen atoms in total. The number of rotatable bonds is 4. The normalized spacial score (nSPS) is 15.2. The fraction of sp³-hybridized carbons (Fsp3) is 1.00. The fourth-order valence-electron chi connectivity index (χ4n) is 0.442. The smallest absolute Gasteiger partial charge is 0.353 e. The van der Waals surface area contributed by atoms with Gasteiger partial charge in [-0.05, 0) is 12.8 Å². The molecule has 0 fully saturated rings. The zero-order valence-corrected chi connectivity index (χ0v) is 6.24. The second-order valence-corrected chi connectivity index (χ2v) is 3.71. The van der Waals surface area contributed by atoms with Crippen molar-refractivity contribution in [2.75, 3.05) is 6.61 Å². The van der Waals surface area contributed by atoms with Crippen LogP contribution in [0, 0.1) is 0 Å². The topological polar surface area (TPSA) is 98.0 Å². The van der Waals surface area contributed by atoms with Gasteiger partial charge in [0, 0.05) is 6.61 Å². The van der Waals surface area contributed by atoms with Crippen LogP contribution in [0.25, 0.3) is 0 Å². The summed E-state index contributed by atoms with van der Waals surface area (Å²) in [6, 6.07) is 0. The average Bonchev–Trinajstić information content (AvgIpc) is 1.80. The Kier molecular flexibility index (Phi) is 4.08. The second kappa shape index (κ2) is 4.05. The summed E-state index contributed by atoms with van der Waals surface area (Å²) in [6.45, 7) is -0.170. The Balaban J connectivity index is 3.63. The molecule has 6 heteroatoms. The molecule has 0 unspecified atom stereocenters. The Morgan fingerprint density at radius 3 is 2.20 bits per heavy atom. The van der Waals surface area contributed by atoms with Crippen LogP contribution in [-0.4, -0.2) is 32.5 Å². The summed E-state index contributed by atoms with van der Waals surface area (Å²) in [5, 5.41) is 16.9. The molecule has 0 saturated carbocycles. The molecule has 4 N–H and O–H groups in total. The van der Waals surface area contributed by atoms with E-state index in [-0.39, 0.29) is 19.4 Å². The van der Waals surface area contributed by atoms with Crippen LogP contribution in [0.4, 0.5) is 0 Å². The Labute approximate surface area is 58.5 Å². The van der Waals surface area contributed by atoms with Crippen molar-refractivity contribution < 1.29 is 24.6 Å². The van der Waals surface area contributed by atoms with Gasteiger partial charge in [-0.3, -0.25) is 4.57 Å². The minimum Gasteiger partial charge on any atom is -0.396 e. The van der Waals surface area contributed by atoms with Gasteiger partial charge in [-0.2, -0.15) is 0 Å². The molecule has 0 aromatic heterocycles. The molecule has 0 heterocycles. The first-order chi connectivity index (χ1) is 4.48. The lowest BCUT2D eigenvalue weighted by molar-refractivity contribution is 0.178. The first-order valence-corrected chi connectivity index (χ1v) is 4.50. The van der Waals surface area contributed by atoms with Gasteiger partial charge in [-0.1, -0.05) is 0 Å². The molecular formula is C4H11O5P. The van der Waals surface area contributed by atoms with E-state index in [4.69, 9.17) is 20.0 Å². The molecule has 0 aliphatic rings. The van der Waals surface area contributed by atoms with E-state index in [0.29, 0.717) is 0 Å². The Morgan fingerprint density at radius 1 is 1.40 bits per heavy atom. The third kappa shape index (κ3) is 3.98. The predicted molar refractivity (Wildman–Crippen MR) is 34.4 cm³/mol. The first kappa shape index (κ1) is 10.1. The fourth-order valence-corrected chi connectivity index (χ4v) is 0.961. The summed E-state index contributed by atoms with van der Waals surface area (Å²) >= 11 is 0. The van der Waals surface area contributed by atoms with E-state index in [0.717, 1.165) is 0 Å². The van der Waals surface area contributed by atoms with Gasteiger partial charge >= 0.3 is 7.60 Å². The molecule has 0 aliphatic heterocycles. The van der Waals surface area contributed by atoms with Crippen LogP contribution < -0.4 is 0 Å². The molecule has 0 spiro atoms. The highest BCUT2D eigenvalue weighted by molar-refractivity contribution is 7.52. The quantitative estimate of drug-likeness (QED) is 0.416. The van der Waals surface area contributed by atoms with Crippen molar-refractivity contribution in [3.8, 4) is 0 Å². The lowest BCUT2D eigenvalue weighted by atomic mass is 10.3. The van der Waals surface area contributed by atoms with E-state index < -0.39 is 13.4 Å². The lowest BCUT2D eigenvalue weighted by Crippen LogP contribution is -2.07. The Morgan fingerprint density at radius 2 is 1.90 bits per heavy atom. The summed E-state index contributed by atoms with van der Waals surface area (Å²) in [5.74, 6) is -1.63. The summed E-state index contributed by atoms with van der Waals surface area (Å²) < 4.78 is 10.2. The molecule has 0 aliphatic carbocycles. The van der Waals surface area contributed by atoms with Crippen LogP contribution >= 0.6 is 7.60 Å². The van der Waals surface area contributed by atoms with E-state index in [2.05, 4.69) is 0 Å². The minimum absolute atomic E-state index is 0.0687. The maximum absolute atomic E-state index is 10.2. The third-order valence-corrected chi connectivity index (χ3v) is 2.04. The van der Waals surface area contributed by atoms with Gasteiger partial charge in [0.05, 0.1) is 0 Å². The van der Waals surface area contributed by atoms with Gasteiger partial charge in [0.2, 0.25) is 0 Å². The Bertz CT molecular complexity index is 130. The first-order valence-electron chi connectivity index (χ1n) is 2.82. The number of hydrogen-bond acceptors (Lipinski definition) is 3. The van der Waals surface area contributed by atoms with Gasteiger partial charge in [-0.25, -0.2) is 0 Å². The number of aliphatic hydroxyl groups excluding tert-OH is 2. The summed E-state index contributed by atoms with van der Waals surface area (Å²) in [5.41, 5.74) is 0. The SMILES string of the molecule is O=P(O)(O)[C@H](O)CCCO. The van der Waals surface area contributed by atoms with E-state index in [9.17, 15) is 4.57 Å². The van der Waals surface area contributed by atoms with Crippen LogP contribution in [-0.2, 0) is 4.57 Å². The standard InChI is InChI=1S/C4H11O5P/c5-3-1-2-4(6)10(7,8)9/h4-6H,1-3H2,(H2,7,8,9)/t4-/m0/s1. The summed E-state index contributed by atoms with van der Waals surface area (Å²) in [4.78, 5) is 16.6. The van der Waals surface area contributed by atoms with Gasteiger partial charge < -0.3 is 20.0 Å². The van der Waals surface area contributed by atoms with Crippen molar-refractivity contribution in [1.82, 2.24) is 0 Å². The van der Waals surface area contributed by atoms with Crippen molar-refractivity contribution in [3.05, 3.63) is 0 Å². The van der Waals surface area contributed by atoms with Crippen LogP contribution in [0.5, 0.6) is 0 Å². The molecular weight excluding hydrogens is 159 g/mol. The largest absolute Gasteiger partial charge is 0.396 e. The van der Waals surface area contributed by atoms with Crippen molar-refractivity contribution in [3.63, 3.8) is 0 Å². The van der Waals surface area contributed by atoms with E-state index >= 15 is 0 Å². The molecule has 62 valence electrons.